The Morgan fingerprint density at radius 3 is 2.43 bits per heavy atom. The molecule has 4 nitrogen and oxygen atoms in total. The van der Waals surface area contributed by atoms with E-state index in [1.54, 1.807) is 11.0 Å². The minimum absolute atomic E-state index is 0.323. The van der Waals surface area contributed by atoms with Crippen LogP contribution in [0.5, 0.6) is 0 Å². The van der Waals surface area contributed by atoms with Crippen LogP contribution < -0.4 is 5.32 Å². The quantitative estimate of drug-likeness (QED) is 0.771. The van der Waals surface area contributed by atoms with Crippen LogP contribution in [0.25, 0.3) is 5.69 Å². The van der Waals surface area contributed by atoms with Gasteiger partial charge in [-0.2, -0.15) is 5.10 Å². The zero-order chi connectivity index (χ0) is 14.5. The molecule has 1 atom stereocenters. The molecule has 0 fully saturated rings. The van der Waals surface area contributed by atoms with Crippen LogP contribution in [-0.2, 0) is 0 Å². The number of hydrogen-bond acceptors (Lipinski definition) is 3. The van der Waals surface area contributed by atoms with Crippen molar-refractivity contribution in [3.8, 4) is 5.69 Å². The van der Waals surface area contributed by atoms with Gasteiger partial charge >= 0.3 is 0 Å². The van der Waals surface area contributed by atoms with Gasteiger partial charge in [0.25, 0.3) is 0 Å². The molecule has 0 bridgehead atoms. The van der Waals surface area contributed by atoms with Gasteiger partial charge in [-0.25, -0.2) is 9.67 Å². The van der Waals surface area contributed by atoms with E-state index in [2.05, 4.69) is 58.7 Å². The van der Waals surface area contributed by atoms with Crippen molar-refractivity contribution in [3.63, 3.8) is 0 Å². The number of aromatic nitrogens is 3. The van der Waals surface area contributed by atoms with Gasteiger partial charge in [0, 0.05) is 5.69 Å². The molecule has 1 heterocycles. The van der Waals surface area contributed by atoms with Gasteiger partial charge in [0.2, 0.25) is 0 Å². The van der Waals surface area contributed by atoms with Crippen molar-refractivity contribution < 1.29 is 0 Å². The maximum Gasteiger partial charge on any atom is 0.138 e. The second-order valence-corrected chi connectivity index (χ2v) is 4.90. The summed E-state index contributed by atoms with van der Waals surface area (Å²) < 4.78 is 1.75. The molecular weight excluding hydrogens is 260 g/mol. The lowest BCUT2D eigenvalue weighted by Crippen LogP contribution is -2.09. The fraction of sp³-hybridized carbons (Fsp3) is 0.176. The predicted molar refractivity (Wildman–Crippen MR) is 84.5 cm³/mol. The zero-order valence-electron chi connectivity index (χ0n) is 12.0. The molecule has 1 aromatic heterocycles. The number of hydrogen-bond donors (Lipinski definition) is 1. The molecule has 0 amide bonds. The van der Waals surface area contributed by atoms with Crippen LogP contribution in [0.15, 0.2) is 67.3 Å². The van der Waals surface area contributed by atoms with Crippen LogP contribution in [0.1, 0.15) is 24.9 Å². The summed E-state index contributed by atoms with van der Waals surface area (Å²) in [5.74, 6) is 0. The van der Waals surface area contributed by atoms with E-state index in [-0.39, 0.29) is 0 Å². The molecule has 0 radical (unpaired) electrons. The number of rotatable bonds is 5. The largest absolute Gasteiger partial charge is 0.378 e. The second-order valence-electron chi connectivity index (χ2n) is 4.90. The molecule has 4 heteroatoms. The van der Waals surface area contributed by atoms with E-state index in [9.17, 15) is 0 Å². The number of nitrogens with one attached hydrogen (secondary N) is 1. The SMILES string of the molecule is CCC(Nc1ccc(-n2cncn2)cc1)c1ccccc1. The molecule has 1 unspecified atom stereocenters. The fourth-order valence-electron chi connectivity index (χ4n) is 2.36. The second kappa shape index (κ2) is 6.22. The highest BCUT2D eigenvalue weighted by molar-refractivity contribution is 5.50. The van der Waals surface area contributed by atoms with Gasteiger partial charge < -0.3 is 5.32 Å². The lowest BCUT2D eigenvalue weighted by atomic mass is 10.0. The first-order valence-electron chi connectivity index (χ1n) is 7.13. The highest BCUT2D eigenvalue weighted by atomic mass is 15.3. The monoisotopic (exact) mass is 278 g/mol. The van der Waals surface area contributed by atoms with Crippen LogP contribution in [0.3, 0.4) is 0 Å². The molecule has 1 N–H and O–H groups in total. The van der Waals surface area contributed by atoms with Gasteiger partial charge in [-0.05, 0) is 36.2 Å². The molecule has 3 rings (SSSR count). The first-order chi connectivity index (χ1) is 10.4. The molecule has 0 saturated heterocycles. The number of anilines is 1. The third-order valence-corrected chi connectivity index (χ3v) is 3.50. The van der Waals surface area contributed by atoms with Crippen molar-refractivity contribution in [1.29, 1.82) is 0 Å². The Kier molecular flexibility index (Phi) is 3.96. The maximum atomic E-state index is 4.13. The Bertz CT molecular complexity index is 660. The third kappa shape index (κ3) is 3.11. The topological polar surface area (TPSA) is 42.7 Å². The van der Waals surface area contributed by atoms with Gasteiger partial charge in [0.15, 0.2) is 0 Å². The number of nitrogens with zero attached hydrogens (tertiary/aromatic N) is 3. The van der Waals surface area contributed by atoms with Crippen molar-refractivity contribution in [2.45, 2.75) is 19.4 Å². The molecule has 2 aromatic carbocycles. The normalized spacial score (nSPS) is 12.0. The average Bonchev–Trinajstić information content (AvgIpc) is 3.08. The van der Waals surface area contributed by atoms with E-state index < -0.39 is 0 Å². The van der Waals surface area contributed by atoms with E-state index in [1.807, 2.05) is 18.2 Å². The summed E-state index contributed by atoms with van der Waals surface area (Å²) in [4.78, 5) is 3.96. The summed E-state index contributed by atoms with van der Waals surface area (Å²) in [6, 6.07) is 19.1. The Hall–Kier alpha value is -2.62. The van der Waals surface area contributed by atoms with Crippen LogP contribution in [0, 0.1) is 0 Å². The Labute approximate surface area is 124 Å². The smallest absolute Gasteiger partial charge is 0.138 e. The van der Waals surface area contributed by atoms with Crippen molar-refractivity contribution in [1.82, 2.24) is 14.8 Å². The summed E-state index contributed by atoms with van der Waals surface area (Å²) in [5.41, 5.74) is 3.42. The molecule has 0 spiro atoms. The third-order valence-electron chi connectivity index (χ3n) is 3.50. The maximum absolute atomic E-state index is 4.13. The summed E-state index contributed by atoms with van der Waals surface area (Å²) in [7, 11) is 0. The fourth-order valence-corrected chi connectivity index (χ4v) is 2.36. The van der Waals surface area contributed by atoms with Crippen LogP contribution in [0.2, 0.25) is 0 Å². The molecule has 0 saturated carbocycles. The van der Waals surface area contributed by atoms with E-state index in [0.717, 1.165) is 17.8 Å². The average molecular weight is 278 g/mol. The first-order valence-corrected chi connectivity index (χ1v) is 7.13. The molecule has 0 aliphatic rings. The molecular formula is C17H18N4. The summed E-state index contributed by atoms with van der Waals surface area (Å²) in [5, 5.41) is 7.70. The van der Waals surface area contributed by atoms with Crippen molar-refractivity contribution in [2.75, 3.05) is 5.32 Å². The van der Waals surface area contributed by atoms with Gasteiger partial charge in [0.1, 0.15) is 12.7 Å². The van der Waals surface area contributed by atoms with Crippen LogP contribution in [0.4, 0.5) is 5.69 Å². The van der Waals surface area contributed by atoms with Gasteiger partial charge in [-0.15, -0.1) is 0 Å². The number of benzene rings is 2. The Morgan fingerprint density at radius 1 is 1.05 bits per heavy atom. The van der Waals surface area contributed by atoms with Crippen LogP contribution >= 0.6 is 0 Å². The zero-order valence-corrected chi connectivity index (χ0v) is 12.0. The highest BCUT2D eigenvalue weighted by Gasteiger charge is 2.08. The summed E-state index contributed by atoms with van der Waals surface area (Å²) in [6.45, 7) is 2.19. The molecule has 21 heavy (non-hydrogen) atoms. The molecule has 3 aromatic rings. The van der Waals surface area contributed by atoms with Gasteiger partial charge in [-0.3, -0.25) is 0 Å². The molecule has 106 valence electrons. The Balaban J connectivity index is 1.75. The van der Waals surface area contributed by atoms with Crippen LogP contribution in [-0.4, -0.2) is 14.8 Å². The first kappa shape index (κ1) is 13.4. The highest BCUT2D eigenvalue weighted by Crippen LogP contribution is 2.23. The summed E-state index contributed by atoms with van der Waals surface area (Å²) >= 11 is 0. The van der Waals surface area contributed by atoms with Gasteiger partial charge in [-0.1, -0.05) is 37.3 Å². The lowest BCUT2D eigenvalue weighted by molar-refractivity contribution is 0.749. The van der Waals surface area contributed by atoms with E-state index in [4.69, 9.17) is 0 Å². The molecule has 0 aliphatic carbocycles. The van der Waals surface area contributed by atoms with E-state index in [0.29, 0.717) is 6.04 Å². The van der Waals surface area contributed by atoms with E-state index in [1.165, 1.54) is 11.9 Å². The summed E-state index contributed by atoms with van der Waals surface area (Å²) in [6.07, 6.45) is 4.27. The standard InChI is InChI=1S/C17H18N4/c1-2-17(14-6-4-3-5-7-14)20-15-8-10-16(11-9-15)21-13-18-12-19-21/h3-13,17,20H,2H2,1H3. The Morgan fingerprint density at radius 2 is 1.81 bits per heavy atom. The van der Waals surface area contributed by atoms with Crippen molar-refractivity contribution >= 4 is 5.69 Å². The van der Waals surface area contributed by atoms with Gasteiger partial charge in [0.05, 0.1) is 11.7 Å². The predicted octanol–water partition coefficient (Wildman–Crippen LogP) is 3.83. The molecule has 0 aliphatic heterocycles. The van der Waals surface area contributed by atoms with Crippen molar-refractivity contribution in [2.24, 2.45) is 0 Å². The van der Waals surface area contributed by atoms with Crippen molar-refractivity contribution in [3.05, 3.63) is 72.8 Å². The minimum atomic E-state index is 0.323. The lowest BCUT2D eigenvalue weighted by Gasteiger charge is -2.19. The van der Waals surface area contributed by atoms with E-state index >= 15 is 0 Å². The minimum Gasteiger partial charge on any atom is -0.378 e.